The quantitative estimate of drug-likeness (QED) is 0.736. The standard InChI is InChI=1S/C19H23N3O6/c1-25-13-5-6-15(16(10-13)26-2)19(24)22(11-14-4-3-8-27-14)12-18(23)20-17-7-9-28-21-17/h5-7,9-10,14H,3-4,8,11-12H2,1-2H3,(H,20,21,23). The van der Waals surface area contributed by atoms with Crippen molar-refractivity contribution in [3.8, 4) is 11.5 Å². The maximum Gasteiger partial charge on any atom is 0.258 e. The zero-order valence-electron chi connectivity index (χ0n) is 15.8. The Balaban J connectivity index is 1.78. The molecule has 0 aliphatic carbocycles. The van der Waals surface area contributed by atoms with Gasteiger partial charge < -0.3 is 29.0 Å². The summed E-state index contributed by atoms with van der Waals surface area (Å²) in [5.41, 5.74) is 0.343. The van der Waals surface area contributed by atoms with Crippen molar-refractivity contribution in [2.45, 2.75) is 18.9 Å². The van der Waals surface area contributed by atoms with Crippen molar-refractivity contribution in [2.75, 3.05) is 39.2 Å². The van der Waals surface area contributed by atoms with Gasteiger partial charge in [-0.05, 0) is 25.0 Å². The number of carbonyl (C=O) groups excluding carboxylic acids is 2. The van der Waals surface area contributed by atoms with Gasteiger partial charge in [-0.2, -0.15) is 0 Å². The molecule has 9 nitrogen and oxygen atoms in total. The van der Waals surface area contributed by atoms with Gasteiger partial charge in [0.25, 0.3) is 5.91 Å². The number of rotatable bonds is 8. The van der Waals surface area contributed by atoms with Gasteiger partial charge in [0.05, 0.1) is 25.9 Å². The summed E-state index contributed by atoms with van der Waals surface area (Å²) in [4.78, 5) is 27.0. The number of nitrogens with zero attached hydrogens (tertiary/aromatic N) is 2. The Morgan fingerprint density at radius 2 is 2.14 bits per heavy atom. The van der Waals surface area contributed by atoms with Crippen LogP contribution in [0.25, 0.3) is 0 Å². The van der Waals surface area contributed by atoms with Crippen molar-refractivity contribution in [1.82, 2.24) is 10.1 Å². The minimum Gasteiger partial charge on any atom is -0.497 e. The molecule has 1 aromatic carbocycles. The molecule has 0 radical (unpaired) electrons. The maximum absolute atomic E-state index is 13.2. The number of carbonyl (C=O) groups is 2. The topological polar surface area (TPSA) is 103 Å². The van der Waals surface area contributed by atoms with E-state index in [1.54, 1.807) is 18.2 Å². The third kappa shape index (κ3) is 4.80. The molecule has 9 heteroatoms. The molecule has 1 atom stereocenters. The molecular formula is C19H23N3O6. The Bertz CT molecular complexity index is 802. The number of hydrogen-bond acceptors (Lipinski definition) is 7. The predicted octanol–water partition coefficient (Wildman–Crippen LogP) is 1.95. The van der Waals surface area contributed by atoms with E-state index in [0.29, 0.717) is 30.2 Å². The van der Waals surface area contributed by atoms with E-state index in [1.807, 2.05) is 0 Å². The Hall–Kier alpha value is -3.07. The fourth-order valence-corrected chi connectivity index (χ4v) is 3.03. The smallest absolute Gasteiger partial charge is 0.258 e. The molecule has 1 aliphatic rings. The maximum atomic E-state index is 13.2. The van der Waals surface area contributed by atoms with Crippen molar-refractivity contribution >= 4 is 17.6 Å². The zero-order chi connectivity index (χ0) is 19.9. The van der Waals surface area contributed by atoms with Crippen LogP contribution in [0.5, 0.6) is 11.5 Å². The van der Waals surface area contributed by atoms with Crippen molar-refractivity contribution < 1.29 is 28.3 Å². The molecule has 28 heavy (non-hydrogen) atoms. The normalized spacial score (nSPS) is 15.9. The molecule has 2 aromatic rings. The van der Waals surface area contributed by atoms with Crippen LogP contribution in [0, 0.1) is 0 Å². The van der Waals surface area contributed by atoms with Crippen LogP contribution in [0.1, 0.15) is 23.2 Å². The monoisotopic (exact) mass is 389 g/mol. The molecule has 3 rings (SSSR count). The second kappa shape index (κ2) is 9.23. The Kier molecular flexibility index (Phi) is 6.49. The van der Waals surface area contributed by atoms with Gasteiger partial charge in [0.2, 0.25) is 5.91 Å². The van der Waals surface area contributed by atoms with Gasteiger partial charge in [-0.1, -0.05) is 5.16 Å². The number of benzene rings is 1. The first-order chi connectivity index (χ1) is 13.6. The van der Waals surface area contributed by atoms with Gasteiger partial charge in [-0.3, -0.25) is 9.59 Å². The molecule has 1 aliphatic heterocycles. The molecule has 1 saturated heterocycles. The zero-order valence-corrected chi connectivity index (χ0v) is 15.8. The number of methoxy groups -OCH3 is 2. The van der Waals surface area contributed by atoms with Crippen molar-refractivity contribution in [2.24, 2.45) is 0 Å². The first-order valence-corrected chi connectivity index (χ1v) is 8.94. The van der Waals surface area contributed by atoms with E-state index in [1.165, 1.54) is 31.4 Å². The first-order valence-electron chi connectivity index (χ1n) is 8.94. The highest BCUT2D eigenvalue weighted by Crippen LogP contribution is 2.26. The molecule has 0 saturated carbocycles. The fraction of sp³-hybridized carbons (Fsp3) is 0.421. The highest BCUT2D eigenvalue weighted by atomic mass is 16.5. The largest absolute Gasteiger partial charge is 0.497 e. The van der Waals surface area contributed by atoms with Crippen LogP contribution >= 0.6 is 0 Å². The Labute approximate surface area is 162 Å². The summed E-state index contributed by atoms with van der Waals surface area (Å²) in [6, 6.07) is 6.46. The number of amides is 2. The summed E-state index contributed by atoms with van der Waals surface area (Å²) in [5, 5.41) is 6.25. The van der Waals surface area contributed by atoms with E-state index in [2.05, 4.69) is 10.5 Å². The van der Waals surface area contributed by atoms with Crippen molar-refractivity contribution in [3.05, 3.63) is 36.1 Å². The lowest BCUT2D eigenvalue weighted by Gasteiger charge is -2.25. The highest BCUT2D eigenvalue weighted by Gasteiger charge is 2.27. The van der Waals surface area contributed by atoms with Gasteiger partial charge in [-0.15, -0.1) is 0 Å². The van der Waals surface area contributed by atoms with Crippen LogP contribution in [-0.4, -0.2) is 61.9 Å². The minimum atomic E-state index is -0.382. The second-order valence-electron chi connectivity index (χ2n) is 6.32. The molecule has 2 amide bonds. The van der Waals surface area contributed by atoms with E-state index < -0.39 is 0 Å². The van der Waals surface area contributed by atoms with Crippen LogP contribution in [0.4, 0.5) is 5.82 Å². The molecule has 1 aromatic heterocycles. The molecule has 1 unspecified atom stereocenters. The molecule has 0 bridgehead atoms. The SMILES string of the molecule is COc1ccc(C(=O)N(CC(=O)Nc2ccon2)CC2CCCO2)c(OC)c1. The van der Waals surface area contributed by atoms with Crippen molar-refractivity contribution in [1.29, 1.82) is 0 Å². The summed E-state index contributed by atoms with van der Waals surface area (Å²) in [7, 11) is 3.02. The summed E-state index contributed by atoms with van der Waals surface area (Å²) < 4.78 is 20.9. The average molecular weight is 389 g/mol. The average Bonchev–Trinajstić information content (AvgIpc) is 3.40. The van der Waals surface area contributed by atoms with Gasteiger partial charge >= 0.3 is 0 Å². The molecular weight excluding hydrogens is 366 g/mol. The van der Waals surface area contributed by atoms with Gasteiger partial charge in [0.1, 0.15) is 24.3 Å². The molecule has 0 spiro atoms. The first kappa shape index (κ1) is 19.7. The van der Waals surface area contributed by atoms with E-state index in [9.17, 15) is 9.59 Å². The van der Waals surface area contributed by atoms with E-state index in [0.717, 1.165) is 12.8 Å². The van der Waals surface area contributed by atoms with Crippen molar-refractivity contribution in [3.63, 3.8) is 0 Å². The van der Waals surface area contributed by atoms with E-state index >= 15 is 0 Å². The lowest BCUT2D eigenvalue weighted by molar-refractivity contribution is -0.117. The Morgan fingerprint density at radius 1 is 1.29 bits per heavy atom. The molecule has 2 heterocycles. The van der Waals surface area contributed by atoms with Gasteiger partial charge in [-0.25, -0.2) is 0 Å². The lowest BCUT2D eigenvalue weighted by atomic mass is 10.1. The predicted molar refractivity (Wildman–Crippen MR) is 99.6 cm³/mol. The van der Waals surface area contributed by atoms with E-state index in [-0.39, 0.29) is 30.3 Å². The Morgan fingerprint density at radius 3 is 2.79 bits per heavy atom. The highest BCUT2D eigenvalue weighted by molar-refractivity contribution is 6.00. The summed E-state index contributed by atoms with van der Waals surface area (Å²) in [6.07, 6.45) is 3.03. The number of ether oxygens (including phenoxy) is 3. The number of hydrogen-bond donors (Lipinski definition) is 1. The summed E-state index contributed by atoms with van der Waals surface area (Å²) in [6.45, 7) is 0.810. The molecule has 1 fully saturated rings. The van der Waals surface area contributed by atoms with E-state index in [4.69, 9.17) is 18.7 Å². The molecule has 1 N–H and O–H groups in total. The third-order valence-electron chi connectivity index (χ3n) is 4.41. The second-order valence-corrected chi connectivity index (χ2v) is 6.32. The van der Waals surface area contributed by atoms with Crippen LogP contribution < -0.4 is 14.8 Å². The summed E-state index contributed by atoms with van der Waals surface area (Å²) >= 11 is 0. The van der Waals surface area contributed by atoms with Gasteiger partial charge in [0, 0.05) is 25.3 Å². The minimum absolute atomic E-state index is 0.104. The fourth-order valence-electron chi connectivity index (χ4n) is 3.03. The third-order valence-corrected chi connectivity index (χ3v) is 4.41. The van der Waals surface area contributed by atoms with Crippen LogP contribution in [0.2, 0.25) is 0 Å². The lowest BCUT2D eigenvalue weighted by Crippen LogP contribution is -2.42. The number of aromatic nitrogens is 1. The van der Waals surface area contributed by atoms with Crippen LogP contribution in [0.15, 0.2) is 35.1 Å². The summed E-state index contributed by atoms with van der Waals surface area (Å²) in [5.74, 6) is 0.524. The van der Waals surface area contributed by atoms with Crippen LogP contribution in [-0.2, 0) is 9.53 Å². The van der Waals surface area contributed by atoms with Gasteiger partial charge in [0.15, 0.2) is 5.82 Å². The number of anilines is 1. The number of nitrogens with one attached hydrogen (secondary N) is 1. The van der Waals surface area contributed by atoms with Crippen LogP contribution in [0.3, 0.4) is 0 Å². The molecule has 150 valence electrons.